The Labute approximate surface area is 67.2 Å². The smallest absolute Gasteiger partial charge is 0.389 e. The minimum Gasteiger partial charge on any atom is -0.492 e. The molecule has 1 aromatic rings. The lowest BCUT2D eigenvalue weighted by Gasteiger charge is -2.02. The molecule has 0 aliphatic rings. The molecule has 0 aliphatic heterocycles. The van der Waals surface area contributed by atoms with Gasteiger partial charge in [-0.05, 0) is 0 Å². The second kappa shape index (κ2) is 2.75. The molecule has 1 heterocycles. The van der Waals surface area contributed by atoms with Crippen LogP contribution in [0.2, 0.25) is 0 Å². The van der Waals surface area contributed by atoms with Crippen molar-refractivity contribution in [1.82, 2.24) is 4.73 Å². The predicted molar refractivity (Wildman–Crippen MR) is 38.7 cm³/mol. The molecule has 0 saturated carbocycles. The summed E-state index contributed by atoms with van der Waals surface area (Å²) in [7, 11) is 0. The Morgan fingerprint density at radius 3 is 2.27 bits per heavy atom. The van der Waals surface area contributed by atoms with Gasteiger partial charge in [0.1, 0.15) is 0 Å². The number of thiol groups is 1. The number of carbonyl (C=O) groups excluding carboxylic acids is 1. The molecular formula is C5H5NO4S. The van der Waals surface area contributed by atoms with Crippen LogP contribution in [0.15, 0.2) is 12.1 Å². The Morgan fingerprint density at radius 1 is 1.45 bits per heavy atom. The lowest BCUT2D eigenvalue weighted by molar-refractivity contribution is 0.131. The SMILES string of the molecule is O=C(S)On1c(O)ccc1O. The molecule has 0 saturated heterocycles. The third-order valence-corrected chi connectivity index (χ3v) is 1.05. The summed E-state index contributed by atoms with van der Waals surface area (Å²) in [4.78, 5) is 14.5. The molecule has 0 amide bonds. The van der Waals surface area contributed by atoms with E-state index in [9.17, 15) is 4.79 Å². The van der Waals surface area contributed by atoms with Crippen molar-refractivity contribution in [3.05, 3.63) is 12.1 Å². The van der Waals surface area contributed by atoms with E-state index in [2.05, 4.69) is 17.5 Å². The van der Waals surface area contributed by atoms with E-state index in [0.29, 0.717) is 4.73 Å². The van der Waals surface area contributed by atoms with Crippen LogP contribution in [0.4, 0.5) is 4.79 Å². The Bertz CT molecular complexity index is 263. The van der Waals surface area contributed by atoms with E-state index >= 15 is 0 Å². The molecule has 0 unspecified atom stereocenters. The van der Waals surface area contributed by atoms with E-state index in [1.165, 1.54) is 12.1 Å². The zero-order valence-electron chi connectivity index (χ0n) is 5.26. The van der Waals surface area contributed by atoms with Crippen molar-refractivity contribution in [1.29, 1.82) is 0 Å². The Kier molecular flexibility index (Phi) is 1.95. The first-order chi connectivity index (χ1) is 5.11. The molecule has 11 heavy (non-hydrogen) atoms. The monoisotopic (exact) mass is 175 g/mol. The van der Waals surface area contributed by atoms with Crippen molar-refractivity contribution in [2.45, 2.75) is 0 Å². The van der Waals surface area contributed by atoms with Crippen LogP contribution in [0.5, 0.6) is 11.8 Å². The number of hydrogen-bond acceptors (Lipinski definition) is 4. The van der Waals surface area contributed by atoms with Gasteiger partial charge >= 0.3 is 5.30 Å². The molecule has 0 fully saturated rings. The van der Waals surface area contributed by atoms with Gasteiger partial charge in [-0.2, -0.15) is 0 Å². The van der Waals surface area contributed by atoms with E-state index < -0.39 is 5.30 Å². The topological polar surface area (TPSA) is 71.7 Å². The first-order valence-electron chi connectivity index (χ1n) is 2.62. The van der Waals surface area contributed by atoms with Crippen molar-refractivity contribution in [2.24, 2.45) is 0 Å². The van der Waals surface area contributed by atoms with Crippen LogP contribution in [0.3, 0.4) is 0 Å². The van der Waals surface area contributed by atoms with Crippen LogP contribution in [-0.2, 0) is 0 Å². The number of carbonyl (C=O) groups is 1. The highest BCUT2D eigenvalue weighted by Crippen LogP contribution is 2.18. The molecule has 1 rings (SSSR count). The van der Waals surface area contributed by atoms with Crippen molar-refractivity contribution >= 4 is 17.9 Å². The second-order valence-electron chi connectivity index (χ2n) is 1.70. The fraction of sp³-hybridized carbons (Fsp3) is 0. The standard InChI is InChI=1S/C5H5NO4S/c7-3-1-2-4(8)6(3)10-5(9)11/h1-2,7-8H,(H,9,11). The van der Waals surface area contributed by atoms with E-state index in [4.69, 9.17) is 10.2 Å². The molecule has 0 spiro atoms. The average Bonchev–Trinajstić information content (AvgIpc) is 2.18. The first-order valence-corrected chi connectivity index (χ1v) is 3.07. The average molecular weight is 175 g/mol. The second-order valence-corrected chi connectivity index (χ2v) is 2.07. The zero-order valence-corrected chi connectivity index (χ0v) is 6.15. The van der Waals surface area contributed by atoms with Crippen LogP contribution < -0.4 is 4.84 Å². The molecule has 5 nitrogen and oxygen atoms in total. The third-order valence-electron chi connectivity index (χ3n) is 0.967. The van der Waals surface area contributed by atoms with Crippen LogP contribution in [-0.4, -0.2) is 20.2 Å². The molecule has 0 bridgehead atoms. The molecule has 1 aromatic heterocycles. The summed E-state index contributed by atoms with van der Waals surface area (Å²) in [6.45, 7) is 0. The number of rotatable bonds is 1. The van der Waals surface area contributed by atoms with Gasteiger partial charge in [0.2, 0.25) is 11.8 Å². The van der Waals surface area contributed by atoms with Gasteiger partial charge in [0.15, 0.2) is 0 Å². The maximum absolute atomic E-state index is 10.2. The van der Waals surface area contributed by atoms with Gasteiger partial charge in [-0.3, -0.25) is 0 Å². The lowest BCUT2D eigenvalue weighted by Crippen LogP contribution is -2.12. The van der Waals surface area contributed by atoms with E-state index in [1.54, 1.807) is 0 Å². The molecular weight excluding hydrogens is 170 g/mol. The van der Waals surface area contributed by atoms with Gasteiger partial charge in [0.05, 0.1) is 0 Å². The van der Waals surface area contributed by atoms with Crippen molar-refractivity contribution in [3.8, 4) is 11.8 Å². The summed E-state index contributed by atoms with van der Waals surface area (Å²) in [5.74, 6) is -0.741. The largest absolute Gasteiger partial charge is 0.492 e. The quantitative estimate of drug-likeness (QED) is 0.539. The van der Waals surface area contributed by atoms with Crippen molar-refractivity contribution in [2.75, 3.05) is 0 Å². The van der Waals surface area contributed by atoms with Crippen LogP contribution in [0, 0.1) is 0 Å². The molecule has 0 atom stereocenters. The van der Waals surface area contributed by atoms with Gasteiger partial charge in [0, 0.05) is 12.1 Å². The van der Waals surface area contributed by atoms with Gasteiger partial charge in [0.25, 0.3) is 0 Å². The van der Waals surface area contributed by atoms with Gasteiger partial charge in [-0.15, -0.1) is 4.73 Å². The van der Waals surface area contributed by atoms with E-state index in [-0.39, 0.29) is 11.8 Å². The van der Waals surface area contributed by atoms with Crippen LogP contribution in [0.25, 0.3) is 0 Å². The molecule has 0 aliphatic carbocycles. The fourth-order valence-electron chi connectivity index (χ4n) is 0.573. The van der Waals surface area contributed by atoms with E-state index in [1.807, 2.05) is 0 Å². The molecule has 2 N–H and O–H groups in total. The van der Waals surface area contributed by atoms with E-state index in [0.717, 1.165) is 0 Å². The summed E-state index contributed by atoms with van der Waals surface area (Å²) in [6, 6.07) is 2.35. The van der Waals surface area contributed by atoms with Gasteiger partial charge in [-0.25, -0.2) is 4.79 Å². The summed E-state index contributed by atoms with van der Waals surface area (Å²) in [6.07, 6.45) is 0. The number of aromatic nitrogens is 1. The minimum absolute atomic E-state index is 0.370. The molecule has 60 valence electrons. The Morgan fingerprint density at radius 2 is 1.91 bits per heavy atom. The molecule has 0 radical (unpaired) electrons. The Balaban J connectivity index is 2.92. The fourth-order valence-corrected chi connectivity index (χ4v) is 0.655. The highest BCUT2D eigenvalue weighted by atomic mass is 32.1. The molecule has 0 aromatic carbocycles. The van der Waals surface area contributed by atoms with Crippen molar-refractivity contribution in [3.63, 3.8) is 0 Å². The third kappa shape index (κ3) is 1.58. The maximum atomic E-state index is 10.2. The number of aromatic hydroxyl groups is 2. The summed E-state index contributed by atoms with van der Waals surface area (Å²) in [5, 5.41) is 16.8. The predicted octanol–water partition coefficient (Wildman–Crippen LogP) is 0.378. The summed E-state index contributed by atoms with van der Waals surface area (Å²) in [5.41, 5.74) is 0. The highest BCUT2D eigenvalue weighted by molar-refractivity contribution is 7.96. The normalized spacial score (nSPS) is 9.55. The maximum Gasteiger partial charge on any atom is 0.389 e. The van der Waals surface area contributed by atoms with Gasteiger partial charge in [-0.1, -0.05) is 12.6 Å². The van der Waals surface area contributed by atoms with Crippen LogP contribution in [0.1, 0.15) is 0 Å². The zero-order chi connectivity index (χ0) is 8.43. The summed E-state index contributed by atoms with van der Waals surface area (Å²) < 4.78 is 0.551. The van der Waals surface area contributed by atoms with Crippen molar-refractivity contribution < 1.29 is 19.8 Å². The van der Waals surface area contributed by atoms with Gasteiger partial charge < -0.3 is 15.1 Å². The lowest BCUT2D eigenvalue weighted by atomic mass is 10.6. The van der Waals surface area contributed by atoms with Crippen LogP contribution >= 0.6 is 12.6 Å². The summed E-state index contributed by atoms with van der Waals surface area (Å²) >= 11 is 3.27. The minimum atomic E-state index is -0.924. The molecule has 6 heteroatoms. The number of nitrogens with zero attached hydrogens (tertiary/aromatic N) is 1. The highest BCUT2D eigenvalue weighted by Gasteiger charge is 2.08. The first kappa shape index (κ1) is 7.80. The Hall–Kier alpha value is -1.30. The number of hydrogen-bond donors (Lipinski definition) is 3.